The summed E-state index contributed by atoms with van der Waals surface area (Å²) in [6.45, 7) is 0. The first-order chi connectivity index (χ1) is 6.36. The zero-order valence-corrected chi connectivity index (χ0v) is 7.87. The Kier molecular flexibility index (Phi) is 2.50. The van der Waals surface area contributed by atoms with Crippen LogP contribution in [0.4, 0.5) is 0 Å². The second-order valence-corrected chi connectivity index (χ2v) is 3.47. The Labute approximate surface area is 82.2 Å². The lowest BCUT2D eigenvalue weighted by Crippen LogP contribution is -1.87. The fourth-order valence-corrected chi connectivity index (χ4v) is 1.11. The highest BCUT2D eigenvalue weighted by Gasteiger charge is 2.23. The molecule has 2 rings (SSSR count). The van der Waals surface area contributed by atoms with Gasteiger partial charge in [-0.2, -0.15) is 0 Å². The van der Waals surface area contributed by atoms with Crippen molar-refractivity contribution in [3.05, 3.63) is 34.9 Å². The summed E-state index contributed by atoms with van der Waals surface area (Å²) in [5, 5.41) is 4.55. The summed E-state index contributed by atoms with van der Waals surface area (Å²) in [6.07, 6.45) is 4.25. The van der Waals surface area contributed by atoms with Crippen LogP contribution in [0.2, 0.25) is 5.02 Å². The predicted molar refractivity (Wildman–Crippen MR) is 53.2 cm³/mol. The van der Waals surface area contributed by atoms with Gasteiger partial charge in [0.2, 0.25) is 0 Å². The van der Waals surface area contributed by atoms with E-state index in [1.54, 1.807) is 6.21 Å². The van der Waals surface area contributed by atoms with Gasteiger partial charge in [-0.05, 0) is 18.9 Å². The number of oxime groups is 1. The van der Waals surface area contributed by atoms with Crippen LogP contribution < -0.4 is 0 Å². The molecule has 1 aliphatic rings. The maximum absolute atomic E-state index is 5.91. The number of hydrogen-bond acceptors (Lipinski definition) is 2. The third-order valence-corrected chi connectivity index (χ3v) is 2.18. The molecular formula is C10H10ClNO. The van der Waals surface area contributed by atoms with Gasteiger partial charge in [0.1, 0.15) is 6.10 Å². The van der Waals surface area contributed by atoms with E-state index in [1.807, 2.05) is 24.3 Å². The SMILES string of the molecule is Clc1ccccc1C=NOC1CC1. The second-order valence-electron chi connectivity index (χ2n) is 3.06. The molecule has 0 bridgehead atoms. The average molecular weight is 196 g/mol. The summed E-state index contributed by atoms with van der Waals surface area (Å²) in [7, 11) is 0. The summed E-state index contributed by atoms with van der Waals surface area (Å²) in [5.74, 6) is 0. The monoisotopic (exact) mass is 195 g/mol. The molecule has 0 aromatic heterocycles. The van der Waals surface area contributed by atoms with Gasteiger partial charge in [0, 0.05) is 10.6 Å². The molecule has 1 saturated carbocycles. The van der Waals surface area contributed by atoms with Crippen molar-refractivity contribution in [2.45, 2.75) is 18.9 Å². The molecular weight excluding hydrogens is 186 g/mol. The minimum absolute atomic E-state index is 0.346. The van der Waals surface area contributed by atoms with Crippen molar-refractivity contribution in [2.24, 2.45) is 5.16 Å². The van der Waals surface area contributed by atoms with E-state index < -0.39 is 0 Å². The Morgan fingerprint density at radius 1 is 1.38 bits per heavy atom. The van der Waals surface area contributed by atoms with Crippen LogP contribution in [0.25, 0.3) is 0 Å². The van der Waals surface area contributed by atoms with Crippen molar-refractivity contribution < 1.29 is 4.84 Å². The Morgan fingerprint density at radius 2 is 2.15 bits per heavy atom. The van der Waals surface area contributed by atoms with E-state index in [2.05, 4.69) is 5.16 Å². The summed E-state index contributed by atoms with van der Waals surface area (Å²) in [6, 6.07) is 7.55. The molecule has 0 unspecified atom stereocenters. The van der Waals surface area contributed by atoms with Crippen LogP contribution >= 0.6 is 11.6 Å². The Bertz CT molecular complexity index is 320. The molecule has 0 N–H and O–H groups in total. The van der Waals surface area contributed by atoms with Gasteiger partial charge >= 0.3 is 0 Å². The van der Waals surface area contributed by atoms with Gasteiger partial charge in [-0.1, -0.05) is 35.0 Å². The van der Waals surface area contributed by atoms with Crippen LogP contribution in [0.15, 0.2) is 29.4 Å². The molecule has 3 heteroatoms. The van der Waals surface area contributed by atoms with Crippen molar-refractivity contribution in [3.8, 4) is 0 Å². The molecule has 13 heavy (non-hydrogen) atoms. The normalized spacial score (nSPS) is 16.4. The highest BCUT2D eigenvalue weighted by atomic mass is 35.5. The van der Waals surface area contributed by atoms with Gasteiger partial charge in [-0.15, -0.1) is 0 Å². The molecule has 1 aromatic rings. The highest BCUT2D eigenvalue weighted by Crippen LogP contribution is 2.23. The largest absolute Gasteiger partial charge is 0.392 e. The molecule has 0 saturated heterocycles. The summed E-state index contributed by atoms with van der Waals surface area (Å²) in [5.41, 5.74) is 0.893. The Morgan fingerprint density at radius 3 is 2.85 bits per heavy atom. The number of rotatable bonds is 3. The Hall–Kier alpha value is -1.02. The summed E-state index contributed by atoms with van der Waals surface area (Å²) in [4.78, 5) is 5.12. The Balaban J connectivity index is 1.99. The van der Waals surface area contributed by atoms with E-state index in [9.17, 15) is 0 Å². The lowest BCUT2D eigenvalue weighted by Gasteiger charge is -1.96. The van der Waals surface area contributed by atoms with Crippen LogP contribution in [-0.2, 0) is 4.84 Å². The van der Waals surface area contributed by atoms with Gasteiger partial charge in [-0.3, -0.25) is 0 Å². The van der Waals surface area contributed by atoms with Crippen molar-refractivity contribution >= 4 is 17.8 Å². The van der Waals surface area contributed by atoms with Crippen LogP contribution in [0.5, 0.6) is 0 Å². The number of nitrogens with zero attached hydrogens (tertiary/aromatic N) is 1. The predicted octanol–water partition coefficient (Wildman–Crippen LogP) is 2.85. The smallest absolute Gasteiger partial charge is 0.127 e. The quantitative estimate of drug-likeness (QED) is 0.537. The molecule has 1 aliphatic carbocycles. The maximum atomic E-state index is 5.91. The molecule has 0 spiro atoms. The molecule has 0 atom stereocenters. The van der Waals surface area contributed by atoms with Crippen LogP contribution in [0, 0.1) is 0 Å². The minimum Gasteiger partial charge on any atom is -0.392 e. The van der Waals surface area contributed by atoms with Gasteiger partial charge in [0.25, 0.3) is 0 Å². The van der Waals surface area contributed by atoms with E-state index in [-0.39, 0.29) is 0 Å². The van der Waals surface area contributed by atoms with Gasteiger partial charge in [-0.25, -0.2) is 0 Å². The molecule has 1 aromatic carbocycles. The van der Waals surface area contributed by atoms with Crippen molar-refractivity contribution in [1.29, 1.82) is 0 Å². The van der Waals surface area contributed by atoms with Crippen molar-refractivity contribution in [3.63, 3.8) is 0 Å². The molecule has 0 aliphatic heterocycles. The second kappa shape index (κ2) is 3.79. The molecule has 2 nitrogen and oxygen atoms in total. The molecule has 68 valence electrons. The van der Waals surface area contributed by atoms with E-state index in [4.69, 9.17) is 16.4 Å². The topological polar surface area (TPSA) is 21.6 Å². The third-order valence-electron chi connectivity index (χ3n) is 1.83. The lowest BCUT2D eigenvalue weighted by atomic mass is 10.2. The first kappa shape index (κ1) is 8.57. The third kappa shape index (κ3) is 2.46. The number of hydrogen-bond donors (Lipinski definition) is 0. The zero-order chi connectivity index (χ0) is 9.10. The van der Waals surface area contributed by atoms with Gasteiger partial charge in [0.15, 0.2) is 0 Å². The molecule has 0 amide bonds. The first-order valence-electron chi connectivity index (χ1n) is 4.30. The standard InChI is InChI=1S/C10H10ClNO/c11-10-4-2-1-3-8(10)7-12-13-9-5-6-9/h1-4,7,9H,5-6H2. The van der Waals surface area contributed by atoms with Crippen LogP contribution in [0.3, 0.4) is 0 Å². The van der Waals surface area contributed by atoms with Gasteiger partial charge < -0.3 is 4.84 Å². The maximum Gasteiger partial charge on any atom is 0.127 e. The molecule has 0 radical (unpaired) electrons. The van der Waals surface area contributed by atoms with E-state index in [0.717, 1.165) is 18.4 Å². The fraction of sp³-hybridized carbons (Fsp3) is 0.300. The summed E-state index contributed by atoms with van der Waals surface area (Å²) < 4.78 is 0. The van der Waals surface area contributed by atoms with E-state index in [1.165, 1.54) is 0 Å². The minimum atomic E-state index is 0.346. The van der Waals surface area contributed by atoms with Crippen molar-refractivity contribution in [1.82, 2.24) is 0 Å². The molecule has 0 heterocycles. The lowest BCUT2D eigenvalue weighted by molar-refractivity contribution is 0.131. The van der Waals surface area contributed by atoms with Gasteiger partial charge in [0.05, 0.1) is 6.21 Å². The van der Waals surface area contributed by atoms with Crippen LogP contribution in [0.1, 0.15) is 18.4 Å². The van der Waals surface area contributed by atoms with Crippen molar-refractivity contribution in [2.75, 3.05) is 0 Å². The number of halogens is 1. The zero-order valence-electron chi connectivity index (χ0n) is 7.11. The average Bonchev–Trinajstić information content (AvgIpc) is 2.92. The van der Waals surface area contributed by atoms with Crippen LogP contribution in [-0.4, -0.2) is 12.3 Å². The van der Waals surface area contributed by atoms with E-state index >= 15 is 0 Å². The number of benzene rings is 1. The molecule has 1 fully saturated rings. The van der Waals surface area contributed by atoms with E-state index in [0.29, 0.717) is 11.1 Å². The highest BCUT2D eigenvalue weighted by molar-refractivity contribution is 6.33. The fourth-order valence-electron chi connectivity index (χ4n) is 0.927. The summed E-state index contributed by atoms with van der Waals surface area (Å²) >= 11 is 5.91. The first-order valence-corrected chi connectivity index (χ1v) is 4.68.